The molecule has 1 heterocycles. The average molecular weight is 423 g/mol. The zero-order chi connectivity index (χ0) is 21.4. The Bertz CT molecular complexity index is 1190. The molecule has 0 bridgehead atoms. The molecule has 30 heavy (non-hydrogen) atoms. The van der Waals surface area contributed by atoms with Crippen LogP contribution in [-0.2, 0) is 0 Å². The predicted molar refractivity (Wildman–Crippen MR) is 107 cm³/mol. The Labute approximate surface area is 174 Å². The van der Waals surface area contributed by atoms with E-state index in [0.717, 1.165) is 11.0 Å². The number of imide groups is 1. The van der Waals surface area contributed by atoms with Crippen LogP contribution in [0.5, 0.6) is 5.75 Å². The molecule has 1 aliphatic heterocycles. The van der Waals surface area contributed by atoms with Crippen molar-refractivity contribution in [3.8, 4) is 5.75 Å². The highest BCUT2D eigenvalue weighted by Gasteiger charge is 2.36. The Morgan fingerprint density at radius 3 is 2.10 bits per heavy atom. The van der Waals surface area contributed by atoms with Crippen molar-refractivity contribution in [1.29, 1.82) is 0 Å². The predicted octanol–water partition coefficient (Wildman–Crippen LogP) is 4.27. The van der Waals surface area contributed by atoms with Crippen LogP contribution in [0.4, 0.5) is 11.4 Å². The molecule has 0 radical (unpaired) electrons. The number of nitrogens with zero attached hydrogens (tertiary/aromatic N) is 2. The Balaban J connectivity index is 1.53. The summed E-state index contributed by atoms with van der Waals surface area (Å²) in [6.07, 6.45) is 0. The van der Waals surface area contributed by atoms with Gasteiger partial charge < -0.3 is 4.74 Å². The second-order valence-electron chi connectivity index (χ2n) is 6.30. The van der Waals surface area contributed by atoms with Gasteiger partial charge in [0, 0.05) is 6.07 Å². The number of fused-ring (bicyclic) bond motifs is 1. The van der Waals surface area contributed by atoms with Crippen LogP contribution in [-0.4, -0.2) is 22.7 Å². The minimum atomic E-state index is -0.816. The Hall–Kier alpha value is -4.04. The number of benzene rings is 3. The van der Waals surface area contributed by atoms with E-state index in [1.165, 1.54) is 36.4 Å². The maximum Gasteiger partial charge on any atom is 0.343 e. The van der Waals surface area contributed by atoms with Gasteiger partial charge in [-0.1, -0.05) is 23.7 Å². The zero-order valence-corrected chi connectivity index (χ0v) is 15.8. The van der Waals surface area contributed by atoms with Gasteiger partial charge in [-0.05, 0) is 48.5 Å². The van der Waals surface area contributed by atoms with Gasteiger partial charge in [0.1, 0.15) is 10.8 Å². The van der Waals surface area contributed by atoms with Crippen molar-refractivity contribution in [1.82, 2.24) is 0 Å². The molecule has 0 spiro atoms. The molecular formula is C21H11ClN2O6. The summed E-state index contributed by atoms with van der Waals surface area (Å²) in [5.41, 5.74) is 0.510. The van der Waals surface area contributed by atoms with E-state index in [9.17, 15) is 24.5 Å². The van der Waals surface area contributed by atoms with Crippen LogP contribution in [0.1, 0.15) is 31.1 Å². The number of carbonyl (C=O) groups is 3. The van der Waals surface area contributed by atoms with Crippen molar-refractivity contribution in [2.45, 2.75) is 0 Å². The number of halogens is 1. The Morgan fingerprint density at radius 1 is 0.933 bits per heavy atom. The summed E-state index contributed by atoms with van der Waals surface area (Å²) in [7, 11) is 0. The summed E-state index contributed by atoms with van der Waals surface area (Å²) in [5.74, 6) is -1.55. The quantitative estimate of drug-likeness (QED) is 0.204. The molecule has 0 unspecified atom stereocenters. The highest BCUT2D eigenvalue weighted by molar-refractivity contribution is 6.34. The van der Waals surface area contributed by atoms with Crippen molar-refractivity contribution in [3.63, 3.8) is 0 Å². The van der Waals surface area contributed by atoms with E-state index >= 15 is 0 Å². The number of hydrogen-bond acceptors (Lipinski definition) is 6. The maximum absolute atomic E-state index is 12.5. The van der Waals surface area contributed by atoms with Crippen LogP contribution in [0.25, 0.3) is 0 Å². The molecule has 0 saturated carbocycles. The summed E-state index contributed by atoms with van der Waals surface area (Å²) in [6, 6.07) is 15.9. The fourth-order valence-corrected chi connectivity index (χ4v) is 3.22. The molecule has 9 heteroatoms. The summed E-state index contributed by atoms with van der Waals surface area (Å²) >= 11 is 5.74. The van der Waals surface area contributed by atoms with E-state index in [0.29, 0.717) is 16.8 Å². The van der Waals surface area contributed by atoms with Gasteiger partial charge in [0.2, 0.25) is 0 Å². The lowest BCUT2D eigenvalue weighted by atomic mass is 10.1. The lowest BCUT2D eigenvalue weighted by Gasteiger charge is -2.14. The number of rotatable bonds is 4. The van der Waals surface area contributed by atoms with Crippen LogP contribution in [0.2, 0.25) is 5.02 Å². The first-order valence-electron chi connectivity index (χ1n) is 8.61. The smallest absolute Gasteiger partial charge is 0.343 e. The SMILES string of the molecule is O=C(Oc1ccc(N2C(=O)c3ccccc3C2=O)cc1)c1ccc(Cl)c([N+](=O)[O-])c1. The number of nitro groups is 1. The number of carbonyl (C=O) groups excluding carboxylic acids is 3. The minimum absolute atomic E-state index is 0.0458. The van der Waals surface area contributed by atoms with Crippen LogP contribution < -0.4 is 9.64 Å². The third kappa shape index (κ3) is 3.29. The number of amides is 2. The molecule has 3 aromatic carbocycles. The second kappa shape index (κ2) is 7.41. The van der Waals surface area contributed by atoms with Crippen molar-refractivity contribution >= 4 is 40.8 Å². The average Bonchev–Trinajstić information content (AvgIpc) is 2.99. The van der Waals surface area contributed by atoms with Crippen LogP contribution in [0.15, 0.2) is 66.7 Å². The standard InChI is InChI=1S/C21H11ClN2O6/c22-17-10-5-12(11-18(17)24(28)29)21(27)30-14-8-6-13(7-9-14)23-19(25)15-3-1-2-4-16(15)20(23)26/h1-11H. The van der Waals surface area contributed by atoms with E-state index < -0.39 is 28.4 Å². The van der Waals surface area contributed by atoms with Gasteiger partial charge in [-0.25, -0.2) is 9.69 Å². The van der Waals surface area contributed by atoms with Gasteiger partial charge in [0.05, 0.1) is 27.3 Å². The van der Waals surface area contributed by atoms with E-state index in [1.54, 1.807) is 24.3 Å². The van der Waals surface area contributed by atoms with Crippen molar-refractivity contribution in [3.05, 3.63) is 98.6 Å². The van der Waals surface area contributed by atoms with Crippen molar-refractivity contribution < 1.29 is 24.0 Å². The van der Waals surface area contributed by atoms with E-state index in [1.807, 2.05) is 0 Å². The fraction of sp³-hybridized carbons (Fsp3) is 0. The first-order chi connectivity index (χ1) is 14.4. The van der Waals surface area contributed by atoms with Gasteiger partial charge >= 0.3 is 5.97 Å². The number of nitro benzene ring substituents is 1. The van der Waals surface area contributed by atoms with Gasteiger partial charge in [-0.15, -0.1) is 0 Å². The van der Waals surface area contributed by atoms with Crippen molar-refractivity contribution in [2.24, 2.45) is 0 Å². The third-order valence-corrected chi connectivity index (χ3v) is 4.80. The zero-order valence-electron chi connectivity index (χ0n) is 15.1. The van der Waals surface area contributed by atoms with Gasteiger partial charge in [-0.3, -0.25) is 19.7 Å². The summed E-state index contributed by atoms with van der Waals surface area (Å²) in [6.45, 7) is 0. The van der Waals surface area contributed by atoms with Crippen LogP contribution in [0, 0.1) is 10.1 Å². The van der Waals surface area contributed by atoms with E-state index in [2.05, 4.69) is 0 Å². The normalized spacial score (nSPS) is 12.6. The molecule has 2 amide bonds. The summed E-state index contributed by atoms with van der Waals surface area (Å²) < 4.78 is 5.22. The topological polar surface area (TPSA) is 107 Å². The molecule has 3 aromatic rings. The van der Waals surface area contributed by atoms with E-state index in [4.69, 9.17) is 16.3 Å². The van der Waals surface area contributed by atoms with Gasteiger partial charge in [0.15, 0.2) is 0 Å². The summed E-state index contributed by atoms with van der Waals surface area (Å²) in [5, 5.41) is 10.9. The first kappa shape index (κ1) is 19.3. The first-order valence-corrected chi connectivity index (χ1v) is 8.98. The monoisotopic (exact) mass is 422 g/mol. The highest BCUT2D eigenvalue weighted by atomic mass is 35.5. The van der Waals surface area contributed by atoms with Crippen LogP contribution >= 0.6 is 11.6 Å². The molecule has 0 aromatic heterocycles. The fourth-order valence-electron chi connectivity index (χ4n) is 3.03. The molecule has 0 fully saturated rings. The largest absolute Gasteiger partial charge is 0.423 e. The lowest BCUT2D eigenvalue weighted by molar-refractivity contribution is -0.384. The Kier molecular flexibility index (Phi) is 4.77. The maximum atomic E-state index is 12.5. The molecule has 0 atom stereocenters. The molecule has 148 valence electrons. The highest BCUT2D eigenvalue weighted by Crippen LogP contribution is 2.30. The molecule has 0 aliphatic carbocycles. The second-order valence-corrected chi connectivity index (χ2v) is 6.71. The summed E-state index contributed by atoms with van der Waals surface area (Å²) in [4.78, 5) is 48.6. The molecule has 8 nitrogen and oxygen atoms in total. The molecular weight excluding hydrogens is 412 g/mol. The number of anilines is 1. The van der Waals surface area contributed by atoms with Gasteiger partial charge in [0.25, 0.3) is 17.5 Å². The van der Waals surface area contributed by atoms with Crippen molar-refractivity contribution in [2.75, 3.05) is 4.90 Å². The molecule has 1 aliphatic rings. The number of ether oxygens (including phenoxy) is 1. The molecule has 0 saturated heterocycles. The minimum Gasteiger partial charge on any atom is -0.423 e. The number of hydrogen-bond donors (Lipinski definition) is 0. The Morgan fingerprint density at radius 2 is 1.53 bits per heavy atom. The van der Waals surface area contributed by atoms with Gasteiger partial charge in [-0.2, -0.15) is 0 Å². The third-order valence-electron chi connectivity index (χ3n) is 4.48. The number of esters is 1. The molecule has 4 rings (SSSR count). The van der Waals surface area contributed by atoms with Crippen LogP contribution in [0.3, 0.4) is 0 Å². The molecule has 0 N–H and O–H groups in total. The van der Waals surface area contributed by atoms with E-state index in [-0.39, 0.29) is 16.3 Å². The lowest BCUT2D eigenvalue weighted by Crippen LogP contribution is -2.29.